The summed E-state index contributed by atoms with van der Waals surface area (Å²) < 4.78 is 0. The molecule has 2 rings (SSSR count). The number of benzene rings is 2. The molecule has 0 heterocycles. The number of halogens is 3. The van der Waals surface area contributed by atoms with Crippen molar-refractivity contribution >= 4 is 52.1 Å². The molecule has 0 aliphatic rings. The summed E-state index contributed by atoms with van der Waals surface area (Å²) in [6.07, 6.45) is 0. The lowest BCUT2D eigenvalue weighted by Gasteiger charge is -2.10. The topological polar surface area (TPSA) is 41.1 Å². The number of hydrogen-bond acceptors (Lipinski definition) is 2. The lowest BCUT2D eigenvalue weighted by molar-refractivity contribution is 0.102. The van der Waals surface area contributed by atoms with Crippen LogP contribution in [-0.2, 0) is 0 Å². The largest absolute Gasteiger partial charge is 0.385 e. The minimum Gasteiger partial charge on any atom is -0.385 e. The highest BCUT2D eigenvalue weighted by Gasteiger charge is 2.12. The van der Waals surface area contributed by atoms with Crippen LogP contribution in [0.15, 0.2) is 36.4 Å². The Morgan fingerprint density at radius 1 is 1.05 bits per heavy atom. The molecule has 0 aliphatic carbocycles. The molecular weight excluding hydrogens is 331 g/mol. The SMILES string of the molecule is CCNc1ccc(C(=O)Nc2c(Cl)cc(Cl)cc2Cl)cc1. The van der Waals surface area contributed by atoms with Crippen molar-refractivity contribution in [1.82, 2.24) is 0 Å². The fraction of sp³-hybridized carbons (Fsp3) is 0.133. The van der Waals surface area contributed by atoms with Crippen LogP contribution in [0.25, 0.3) is 0 Å². The third-order valence-electron chi connectivity index (χ3n) is 2.77. The van der Waals surface area contributed by atoms with Gasteiger partial charge in [0.25, 0.3) is 5.91 Å². The van der Waals surface area contributed by atoms with Crippen molar-refractivity contribution in [3.05, 3.63) is 57.0 Å². The summed E-state index contributed by atoms with van der Waals surface area (Å²) in [5.74, 6) is -0.288. The Hall–Kier alpha value is -1.42. The minimum atomic E-state index is -0.288. The molecule has 2 aromatic rings. The maximum atomic E-state index is 12.2. The van der Waals surface area contributed by atoms with Gasteiger partial charge in [-0.3, -0.25) is 4.79 Å². The van der Waals surface area contributed by atoms with Crippen molar-refractivity contribution in [2.45, 2.75) is 6.92 Å². The van der Waals surface area contributed by atoms with Crippen LogP contribution in [0.5, 0.6) is 0 Å². The Morgan fingerprint density at radius 2 is 1.62 bits per heavy atom. The maximum absolute atomic E-state index is 12.2. The second kappa shape index (κ2) is 7.03. The highest BCUT2D eigenvalue weighted by atomic mass is 35.5. The summed E-state index contributed by atoms with van der Waals surface area (Å²) >= 11 is 17.9. The number of carbonyl (C=O) groups is 1. The van der Waals surface area contributed by atoms with Crippen molar-refractivity contribution in [3.8, 4) is 0 Å². The molecule has 110 valence electrons. The first-order valence-corrected chi connectivity index (χ1v) is 7.44. The van der Waals surface area contributed by atoms with Crippen LogP contribution in [0.1, 0.15) is 17.3 Å². The molecule has 6 heteroatoms. The number of carbonyl (C=O) groups excluding carboxylic acids is 1. The van der Waals surface area contributed by atoms with E-state index in [1.807, 2.05) is 19.1 Å². The molecule has 0 saturated heterocycles. The van der Waals surface area contributed by atoms with Crippen molar-refractivity contribution in [2.24, 2.45) is 0 Å². The van der Waals surface area contributed by atoms with Crippen LogP contribution in [-0.4, -0.2) is 12.5 Å². The van der Waals surface area contributed by atoms with Gasteiger partial charge < -0.3 is 10.6 Å². The normalized spacial score (nSPS) is 10.3. The smallest absolute Gasteiger partial charge is 0.255 e. The monoisotopic (exact) mass is 342 g/mol. The van der Waals surface area contributed by atoms with Gasteiger partial charge in [-0.25, -0.2) is 0 Å². The molecule has 21 heavy (non-hydrogen) atoms. The number of nitrogens with one attached hydrogen (secondary N) is 2. The molecule has 0 aliphatic heterocycles. The Morgan fingerprint density at radius 3 is 2.14 bits per heavy atom. The lowest BCUT2D eigenvalue weighted by atomic mass is 10.2. The van der Waals surface area contributed by atoms with Crippen LogP contribution in [0.2, 0.25) is 15.1 Å². The van der Waals surface area contributed by atoms with E-state index in [2.05, 4.69) is 10.6 Å². The molecular formula is C15H13Cl3N2O. The first-order chi connectivity index (χ1) is 10.0. The molecule has 0 fully saturated rings. The molecule has 0 atom stereocenters. The average Bonchev–Trinajstić information content (AvgIpc) is 2.43. The molecule has 0 radical (unpaired) electrons. The highest BCUT2D eigenvalue weighted by Crippen LogP contribution is 2.33. The van der Waals surface area contributed by atoms with Crippen molar-refractivity contribution in [2.75, 3.05) is 17.2 Å². The molecule has 0 aromatic heterocycles. The van der Waals surface area contributed by atoms with Gasteiger partial charge in [-0.15, -0.1) is 0 Å². The lowest BCUT2D eigenvalue weighted by Crippen LogP contribution is -2.12. The molecule has 0 saturated carbocycles. The summed E-state index contributed by atoms with van der Waals surface area (Å²) in [6, 6.07) is 10.2. The van der Waals surface area contributed by atoms with Gasteiger partial charge in [-0.1, -0.05) is 34.8 Å². The van der Waals surface area contributed by atoms with E-state index >= 15 is 0 Å². The summed E-state index contributed by atoms with van der Waals surface area (Å²) in [6.45, 7) is 2.83. The molecule has 2 N–H and O–H groups in total. The fourth-order valence-electron chi connectivity index (χ4n) is 1.79. The van der Waals surface area contributed by atoms with Gasteiger partial charge >= 0.3 is 0 Å². The molecule has 0 unspecified atom stereocenters. The van der Waals surface area contributed by atoms with Crippen molar-refractivity contribution in [1.29, 1.82) is 0 Å². The Labute approximate surface area is 138 Å². The first kappa shape index (κ1) is 16.0. The summed E-state index contributed by atoms with van der Waals surface area (Å²) in [7, 11) is 0. The van der Waals surface area contributed by atoms with Crippen LogP contribution in [0, 0.1) is 0 Å². The van der Waals surface area contributed by atoms with Gasteiger partial charge in [0, 0.05) is 22.8 Å². The van der Waals surface area contributed by atoms with Crippen molar-refractivity contribution in [3.63, 3.8) is 0 Å². The van der Waals surface area contributed by atoms with Crippen LogP contribution >= 0.6 is 34.8 Å². The second-order valence-corrected chi connectivity index (χ2v) is 5.56. The van der Waals surface area contributed by atoms with Gasteiger partial charge in [-0.05, 0) is 43.3 Å². The molecule has 0 spiro atoms. The first-order valence-electron chi connectivity index (χ1n) is 6.31. The van der Waals surface area contributed by atoms with E-state index in [1.165, 1.54) is 12.1 Å². The highest BCUT2D eigenvalue weighted by molar-refractivity contribution is 6.42. The number of hydrogen-bond donors (Lipinski definition) is 2. The van der Waals surface area contributed by atoms with Gasteiger partial charge in [0.1, 0.15) is 0 Å². The third-order valence-corrected chi connectivity index (χ3v) is 3.59. The van der Waals surface area contributed by atoms with E-state index < -0.39 is 0 Å². The zero-order chi connectivity index (χ0) is 15.4. The predicted octanol–water partition coefficient (Wildman–Crippen LogP) is 5.33. The van der Waals surface area contributed by atoms with E-state index in [1.54, 1.807) is 12.1 Å². The van der Waals surface area contributed by atoms with E-state index in [9.17, 15) is 4.79 Å². The molecule has 0 bridgehead atoms. The van der Waals surface area contributed by atoms with Gasteiger partial charge in [0.05, 0.1) is 15.7 Å². The van der Waals surface area contributed by atoms with E-state index in [0.717, 1.165) is 12.2 Å². The zero-order valence-electron chi connectivity index (χ0n) is 11.2. The van der Waals surface area contributed by atoms with Gasteiger partial charge in [-0.2, -0.15) is 0 Å². The van der Waals surface area contributed by atoms with Crippen molar-refractivity contribution < 1.29 is 4.79 Å². The van der Waals surface area contributed by atoms with Crippen LogP contribution in [0.3, 0.4) is 0 Å². The fourth-order valence-corrected chi connectivity index (χ4v) is 2.70. The van der Waals surface area contributed by atoms with E-state index in [4.69, 9.17) is 34.8 Å². The molecule has 3 nitrogen and oxygen atoms in total. The predicted molar refractivity (Wildman–Crippen MR) is 90.0 cm³/mol. The zero-order valence-corrected chi connectivity index (χ0v) is 13.5. The standard InChI is InChI=1S/C15H13Cl3N2O/c1-2-19-11-5-3-9(4-6-11)15(21)20-14-12(17)7-10(16)8-13(14)18/h3-8,19H,2H2,1H3,(H,20,21). The van der Waals surface area contributed by atoms with Gasteiger partial charge in [0.15, 0.2) is 0 Å². The molecule has 1 amide bonds. The Balaban J connectivity index is 2.18. The van der Waals surface area contributed by atoms with E-state index in [0.29, 0.717) is 26.3 Å². The number of anilines is 2. The summed E-state index contributed by atoms with van der Waals surface area (Å²) in [5.41, 5.74) is 1.82. The van der Waals surface area contributed by atoms with Gasteiger partial charge in [0.2, 0.25) is 0 Å². The summed E-state index contributed by atoms with van der Waals surface area (Å²) in [4.78, 5) is 12.2. The molecule has 2 aromatic carbocycles. The second-order valence-electron chi connectivity index (χ2n) is 4.31. The van der Waals surface area contributed by atoms with Crippen LogP contribution < -0.4 is 10.6 Å². The number of rotatable bonds is 4. The maximum Gasteiger partial charge on any atom is 0.255 e. The minimum absolute atomic E-state index is 0.288. The summed E-state index contributed by atoms with van der Waals surface area (Å²) in [5, 5.41) is 6.86. The number of amides is 1. The third kappa shape index (κ3) is 4.03. The quantitative estimate of drug-likeness (QED) is 0.787. The van der Waals surface area contributed by atoms with E-state index in [-0.39, 0.29) is 5.91 Å². The average molecular weight is 344 g/mol. The van der Waals surface area contributed by atoms with Crippen LogP contribution in [0.4, 0.5) is 11.4 Å². The Bertz CT molecular complexity index is 633. The Kier molecular flexibility index (Phi) is 5.34.